The maximum atomic E-state index is 8.02. The highest BCUT2D eigenvalue weighted by molar-refractivity contribution is 5.63. The molecule has 0 atom stereocenters. The molecular formula is C14H14. The molecule has 0 N–H and O–H groups in total. The molecule has 14 heavy (non-hydrogen) atoms. The molecule has 2 rings (SSSR count). The molecule has 0 aliphatic carbocycles. The lowest BCUT2D eigenvalue weighted by atomic mass is 10.0. The minimum absolute atomic E-state index is 0.182. The van der Waals surface area contributed by atoms with E-state index in [0.29, 0.717) is 0 Å². The van der Waals surface area contributed by atoms with E-state index in [1.54, 1.807) is 0 Å². The monoisotopic (exact) mass is 190 g/mol. The molecule has 0 aliphatic rings. The zero-order valence-electron chi connectivity index (χ0n) is 16.0. The van der Waals surface area contributed by atoms with E-state index in [0.717, 1.165) is 0 Å². The summed E-state index contributed by atoms with van der Waals surface area (Å²) >= 11 is 0. The maximum Gasteiger partial charge on any atom is 0.0629 e. The summed E-state index contributed by atoms with van der Waals surface area (Å²) in [6, 6.07) is -2.40. The second kappa shape index (κ2) is 3.67. The summed E-state index contributed by atoms with van der Waals surface area (Å²) in [4.78, 5) is 0. The number of hydrogen-bond acceptors (Lipinski definition) is 0. The molecule has 0 spiro atoms. The van der Waals surface area contributed by atoms with E-state index in [-0.39, 0.29) is 70.6 Å². The molecule has 70 valence electrons. The largest absolute Gasteiger partial charge is 0.0629 e. The van der Waals surface area contributed by atoms with Crippen molar-refractivity contribution >= 4 is 0 Å². The van der Waals surface area contributed by atoms with Crippen LogP contribution >= 0.6 is 0 Å². The second-order valence-electron chi connectivity index (χ2n) is 3.00. The average Bonchev–Trinajstić information content (AvgIpc) is 2.50. The lowest BCUT2D eigenvalue weighted by molar-refractivity contribution is 1.45. The van der Waals surface area contributed by atoms with Crippen LogP contribution in [0.4, 0.5) is 0 Å². The number of benzene rings is 2. The first-order valence-electron chi connectivity index (χ1n) is 8.25. The smallest absolute Gasteiger partial charge is 0.0587 e. The molecule has 0 amide bonds. The van der Waals surface area contributed by atoms with E-state index < -0.39 is 0 Å². The summed E-state index contributed by atoms with van der Waals surface area (Å²) in [7, 11) is 0. The highest BCUT2D eigenvalue weighted by Crippen LogP contribution is 2.19. The van der Waals surface area contributed by atoms with Crippen LogP contribution in [0.3, 0.4) is 0 Å². The Labute approximate surface area is 96.5 Å². The molecule has 0 unspecified atom stereocenters. The van der Waals surface area contributed by atoms with Gasteiger partial charge in [0, 0.05) is 0 Å². The van der Waals surface area contributed by atoms with Gasteiger partial charge in [0.05, 0.1) is 11.0 Å². The Morgan fingerprint density at radius 2 is 0.929 bits per heavy atom. The van der Waals surface area contributed by atoms with Gasteiger partial charge in [-0.3, -0.25) is 0 Å². The van der Waals surface area contributed by atoms with Gasteiger partial charge in [-0.2, -0.15) is 0 Å². The summed E-state index contributed by atoms with van der Waals surface area (Å²) in [5.41, 5.74) is -0.0302. The summed E-state index contributed by atoms with van der Waals surface area (Å²) in [6.45, 7) is 2.93. The van der Waals surface area contributed by atoms with E-state index in [2.05, 4.69) is 0 Å². The highest BCUT2D eigenvalue weighted by Gasteiger charge is 1.95. The molecule has 0 radical (unpaired) electrons. The third kappa shape index (κ3) is 1.85. The van der Waals surface area contributed by atoms with Crippen LogP contribution in [0.25, 0.3) is 11.1 Å². The molecule has 0 fully saturated rings. The fourth-order valence-corrected chi connectivity index (χ4v) is 1.00. The third-order valence-corrected chi connectivity index (χ3v) is 1.75. The van der Waals surface area contributed by atoms with Crippen molar-refractivity contribution in [1.29, 1.82) is 0 Å². The van der Waals surface area contributed by atoms with Crippen LogP contribution in [-0.4, -0.2) is 0 Å². The van der Waals surface area contributed by atoms with Gasteiger partial charge in [0.15, 0.2) is 0 Å². The fourth-order valence-electron chi connectivity index (χ4n) is 1.00. The van der Waals surface area contributed by atoms with Crippen molar-refractivity contribution < 1.29 is 11.0 Å². The van der Waals surface area contributed by atoms with Crippen LogP contribution in [0.1, 0.15) is 22.1 Å². The van der Waals surface area contributed by atoms with Crippen LogP contribution in [0.2, 0.25) is 0 Å². The standard InChI is InChI=1S/C14H14/c1-11-3-7-13(8-4-11)14-9-5-12(2)6-10-14/h3-10H,1-2H3/i3D,4D,5D,6D,7D,8D,9D,10D. The van der Waals surface area contributed by atoms with Gasteiger partial charge in [0.2, 0.25) is 0 Å². The van der Waals surface area contributed by atoms with Gasteiger partial charge in [-0.1, -0.05) is 59.5 Å². The third-order valence-electron chi connectivity index (χ3n) is 1.75. The molecule has 0 aromatic heterocycles. The molecule has 0 saturated carbocycles. The maximum absolute atomic E-state index is 8.02. The van der Waals surface area contributed by atoms with Crippen LogP contribution in [0.5, 0.6) is 0 Å². The molecule has 2 aromatic carbocycles. The minimum Gasteiger partial charge on any atom is -0.0587 e. The molecule has 0 bridgehead atoms. The quantitative estimate of drug-likeness (QED) is 0.638. The Morgan fingerprint density at radius 1 is 0.643 bits per heavy atom. The SMILES string of the molecule is [2H]c1c([2H])c(-c2c([2H])c([2H])c(C)c([2H])c2[2H])c([2H])c([2H])c1C. The van der Waals surface area contributed by atoms with Gasteiger partial charge < -0.3 is 0 Å². The van der Waals surface area contributed by atoms with E-state index in [1.807, 2.05) is 0 Å². The van der Waals surface area contributed by atoms with Crippen LogP contribution in [0.15, 0.2) is 48.3 Å². The zero-order chi connectivity index (χ0) is 16.9. The van der Waals surface area contributed by atoms with Gasteiger partial charge in [-0.25, -0.2) is 0 Å². The predicted octanol–water partition coefficient (Wildman–Crippen LogP) is 3.97. The second-order valence-corrected chi connectivity index (χ2v) is 3.00. The van der Waals surface area contributed by atoms with Gasteiger partial charge in [-0.05, 0) is 25.0 Å². The van der Waals surface area contributed by atoms with Crippen molar-refractivity contribution in [3.8, 4) is 11.1 Å². The molecule has 0 nitrogen and oxygen atoms in total. The van der Waals surface area contributed by atoms with Crippen molar-refractivity contribution in [2.75, 3.05) is 0 Å². The van der Waals surface area contributed by atoms with E-state index in [9.17, 15) is 0 Å². The Morgan fingerprint density at radius 3 is 1.21 bits per heavy atom. The summed E-state index contributed by atoms with van der Waals surface area (Å²) < 4.78 is 63.5. The summed E-state index contributed by atoms with van der Waals surface area (Å²) in [5.74, 6) is 0. The van der Waals surface area contributed by atoms with Gasteiger partial charge >= 0.3 is 0 Å². The highest BCUT2D eigenvalue weighted by atomic mass is 14.0. The topological polar surface area (TPSA) is 0 Å². The summed E-state index contributed by atoms with van der Waals surface area (Å²) in [6.07, 6.45) is 0. The minimum atomic E-state index is -0.358. The van der Waals surface area contributed by atoms with Crippen molar-refractivity contribution in [2.24, 2.45) is 0 Å². The Kier molecular flexibility index (Phi) is 0.928. The number of hydrogen-bond donors (Lipinski definition) is 0. The van der Waals surface area contributed by atoms with E-state index in [4.69, 9.17) is 11.0 Å². The molecule has 0 heterocycles. The lowest BCUT2D eigenvalue weighted by Gasteiger charge is -2.02. The van der Waals surface area contributed by atoms with Crippen molar-refractivity contribution in [3.63, 3.8) is 0 Å². The Balaban J connectivity index is 3.03. The molecular weight excluding hydrogens is 168 g/mol. The normalized spacial score (nSPS) is 18.1. The fraction of sp³-hybridized carbons (Fsp3) is 0.143. The van der Waals surface area contributed by atoms with Crippen molar-refractivity contribution in [3.05, 3.63) is 59.5 Å². The zero-order valence-corrected chi connectivity index (χ0v) is 8.00. The van der Waals surface area contributed by atoms with Crippen LogP contribution < -0.4 is 0 Å². The van der Waals surface area contributed by atoms with Gasteiger partial charge in [0.1, 0.15) is 0 Å². The predicted molar refractivity (Wildman–Crippen MR) is 61.4 cm³/mol. The first-order valence-corrected chi connectivity index (χ1v) is 4.25. The van der Waals surface area contributed by atoms with Crippen LogP contribution in [-0.2, 0) is 0 Å². The van der Waals surface area contributed by atoms with Gasteiger partial charge in [0.25, 0.3) is 0 Å². The first-order chi connectivity index (χ1) is 10.1. The van der Waals surface area contributed by atoms with Gasteiger partial charge in [-0.15, -0.1) is 0 Å². The lowest BCUT2D eigenvalue weighted by Crippen LogP contribution is -1.78. The molecule has 0 heteroatoms. The Bertz CT molecular complexity index is 669. The van der Waals surface area contributed by atoms with Crippen LogP contribution in [0, 0.1) is 13.8 Å². The van der Waals surface area contributed by atoms with E-state index in [1.165, 1.54) is 13.8 Å². The molecule has 0 aliphatic heterocycles. The van der Waals surface area contributed by atoms with Crippen molar-refractivity contribution in [2.45, 2.75) is 13.8 Å². The van der Waals surface area contributed by atoms with Crippen molar-refractivity contribution in [1.82, 2.24) is 0 Å². The summed E-state index contributed by atoms with van der Waals surface area (Å²) in [5, 5.41) is 0. The first kappa shape index (κ1) is 3.54. The van der Waals surface area contributed by atoms with E-state index >= 15 is 0 Å². The molecule has 2 aromatic rings. The Hall–Kier alpha value is -1.56. The average molecular weight is 190 g/mol. The number of rotatable bonds is 1. The molecule has 0 saturated heterocycles.